The predicted molar refractivity (Wildman–Crippen MR) is 54.0 cm³/mol. The summed E-state index contributed by atoms with van der Waals surface area (Å²) in [5, 5.41) is 4.19. The third-order valence-electron chi connectivity index (χ3n) is 2.64. The van der Waals surface area contributed by atoms with Crippen molar-refractivity contribution in [3.63, 3.8) is 0 Å². The summed E-state index contributed by atoms with van der Waals surface area (Å²) in [5.41, 5.74) is 0.954. The predicted octanol–water partition coefficient (Wildman–Crippen LogP) is 1.88. The van der Waals surface area contributed by atoms with E-state index in [1.54, 1.807) is 12.5 Å². The van der Waals surface area contributed by atoms with Crippen LogP contribution in [0.4, 0.5) is 0 Å². The van der Waals surface area contributed by atoms with Crippen molar-refractivity contribution in [2.75, 3.05) is 0 Å². The van der Waals surface area contributed by atoms with E-state index < -0.39 is 0 Å². The molecule has 0 aliphatic rings. The molecule has 0 fully saturated rings. The zero-order chi connectivity index (χ0) is 10.1. The molecule has 0 saturated heterocycles. The molecule has 2 rings (SSSR count). The molecule has 1 unspecified atom stereocenters. The maximum Gasteiger partial charge on any atom is 0.136 e. The van der Waals surface area contributed by atoms with Gasteiger partial charge in [-0.05, 0) is 5.92 Å². The van der Waals surface area contributed by atoms with Crippen molar-refractivity contribution >= 4 is 5.52 Å². The Bertz CT molecular complexity index is 432. The van der Waals surface area contributed by atoms with Crippen molar-refractivity contribution in [3.05, 3.63) is 24.5 Å². The van der Waals surface area contributed by atoms with E-state index in [0.717, 1.165) is 11.3 Å². The first-order valence-corrected chi connectivity index (χ1v) is 4.84. The van der Waals surface area contributed by atoms with E-state index in [0.29, 0.717) is 11.8 Å². The summed E-state index contributed by atoms with van der Waals surface area (Å²) >= 11 is 0. The molecule has 0 radical (unpaired) electrons. The average Bonchev–Trinajstić information content (AvgIpc) is 2.60. The fraction of sp³-hybridized carbons (Fsp3) is 0.500. The van der Waals surface area contributed by atoms with Gasteiger partial charge in [0.25, 0.3) is 0 Å². The molecule has 0 aliphatic carbocycles. The van der Waals surface area contributed by atoms with Gasteiger partial charge in [-0.1, -0.05) is 20.8 Å². The lowest BCUT2D eigenvalue weighted by atomic mass is 9.98. The van der Waals surface area contributed by atoms with Gasteiger partial charge >= 0.3 is 0 Å². The van der Waals surface area contributed by atoms with Crippen LogP contribution in [-0.2, 0) is 0 Å². The van der Waals surface area contributed by atoms with E-state index in [4.69, 9.17) is 0 Å². The number of hydrogen-bond acceptors (Lipinski definition) is 3. The minimum Gasteiger partial charge on any atom is -0.241 e. The molecule has 0 N–H and O–H groups in total. The molecule has 2 aromatic rings. The van der Waals surface area contributed by atoms with Crippen LogP contribution in [0.1, 0.15) is 32.5 Å². The van der Waals surface area contributed by atoms with Gasteiger partial charge in [-0.3, -0.25) is 0 Å². The average molecular weight is 190 g/mol. The van der Waals surface area contributed by atoms with Crippen LogP contribution in [0.25, 0.3) is 5.52 Å². The lowest BCUT2D eigenvalue weighted by Gasteiger charge is -2.13. The monoisotopic (exact) mass is 190 g/mol. The summed E-state index contributed by atoms with van der Waals surface area (Å²) in [5.74, 6) is 1.99. The first-order valence-electron chi connectivity index (χ1n) is 4.84. The molecule has 1 atom stereocenters. The number of nitrogens with zero attached hydrogens (tertiary/aromatic N) is 4. The SMILES string of the molecule is CC(C)C(C)c1ncc2cncnn12. The molecule has 4 heteroatoms. The molecule has 4 nitrogen and oxygen atoms in total. The van der Waals surface area contributed by atoms with E-state index in [-0.39, 0.29) is 0 Å². The van der Waals surface area contributed by atoms with Crippen molar-refractivity contribution in [1.29, 1.82) is 0 Å². The standard InChI is InChI=1S/C10H14N4/c1-7(2)8(3)10-12-5-9-4-11-6-13-14(9)10/h4-8H,1-3H3. The van der Waals surface area contributed by atoms with Gasteiger partial charge in [0.15, 0.2) is 0 Å². The van der Waals surface area contributed by atoms with Crippen LogP contribution in [-0.4, -0.2) is 19.6 Å². The van der Waals surface area contributed by atoms with Gasteiger partial charge in [0.2, 0.25) is 0 Å². The molecule has 0 aliphatic heterocycles. The van der Waals surface area contributed by atoms with Gasteiger partial charge in [0.1, 0.15) is 17.7 Å². The minimum atomic E-state index is 0.410. The summed E-state index contributed by atoms with van der Waals surface area (Å²) < 4.78 is 1.86. The van der Waals surface area contributed by atoms with Gasteiger partial charge in [-0.2, -0.15) is 5.10 Å². The summed E-state index contributed by atoms with van der Waals surface area (Å²) in [4.78, 5) is 8.34. The van der Waals surface area contributed by atoms with Gasteiger partial charge in [0, 0.05) is 5.92 Å². The molecule has 14 heavy (non-hydrogen) atoms. The molecular weight excluding hydrogens is 176 g/mol. The van der Waals surface area contributed by atoms with Crippen molar-refractivity contribution in [2.45, 2.75) is 26.7 Å². The molecule has 2 aromatic heterocycles. The highest BCUT2D eigenvalue weighted by molar-refractivity contribution is 5.41. The zero-order valence-corrected chi connectivity index (χ0v) is 8.68. The molecule has 0 amide bonds. The molecule has 2 heterocycles. The Kier molecular flexibility index (Phi) is 2.19. The van der Waals surface area contributed by atoms with Crippen molar-refractivity contribution < 1.29 is 0 Å². The highest BCUT2D eigenvalue weighted by Crippen LogP contribution is 2.22. The molecule has 74 valence electrons. The molecular formula is C10H14N4. The lowest BCUT2D eigenvalue weighted by molar-refractivity contribution is 0.501. The first kappa shape index (κ1) is 9.12. The van der Waals surface area contributed by atoms with Crippen LogP contribution >= 0.6 is 0 Å². The van der Waals surface area contributed by atoms with Crippen LogP contribution in [0.5, 0.6) is 0 Å². The van der Waals surface area contributed by atoms with Crippen LogP contribution < -0.4 is 0 Å². The molecule has 0 saturated carbocycles. The van der Waals surface area contributed by atoms with Crippen LogP contribution in [0.15, 0.2) is 18.7 Å². The van der Waals surface area contributed by atoms with Gasteiger partial charge < -0.3 is 0 Å². The molecule has 0 aromatic carbocycles. The number of hydrogen-bond donors (Lipinski definition) is 0. The van der Waals surface area contributed by atoms with E-state index in [1.807, 2.05) is 10.7 Å². The molecule has 0 bridgehead atoms. The van der Waals surface area contributed by atoms with Crippen molar-refractivity contribution in [3.8, 4) is 0 Å². The fourth-order valence-corrected chi connectivity index (χ4v) is 1.39. The van der Waals surface area contributed by atoms with Gasteiger partial charge in [-0.15, -0.1) is 0 Å². The quantitative estimate of drug-likeness (QED) is 0.726. The second-order valence-electron chi connectivity index (χ2n) is 3.89. The van der Waals surface area contributed by atoms with E-state index in [1.165, 1.54) is 0 Å². The van der Waals surface area contributed by atoms with E-state index in [2.05, 4.69) is 35.8 Å². The van der Waals surface area contributed by atoms with E-state index >= 15 is 0 Å². The fourth-order valence-electron chi connectivity index (χ4n) is 1.39. The van der Waals surface area contributed by atoms with Crippen molar-refractivity contribution in [2.24, 2.45) is 5.92 Å². The largest absolute Gasteiger partial charge is 0.241 e. The topological polar surface area (TPSA) is 43.1 Å². The summed E-state index contributed by atoms with van der Waals surface area (Å²) in [6.07, 6.45) is 5.13. The summed E-state index contributed by atoms with van der Waals surface area (Å²) in [6.45, 7) is 6.54. The van der Waals surface area contributed by atoms with Crippen LogP contribution in [0, 0.1) is 5.92 Å². The van der Waals surface area contributed by atoms with Crippen LogP contribution in [0.3, 0.4) is 0 Å². The van der Waals surface area contributed by atoms with Crippen molar-refractivity contribution in [1.82, 2.24) is 19.6 Å². The lowest BCUT2D eigenvalue weighted by Crippen LogP contribution is -2.08. The summed E-state index contributed by atoms with van der Waals surface area (Å²) in [7, 11) is 0. The first-order chi connectivity index (χ1) is 6.70. The Balaban J connectivity index is 2.53. The summed E-state index contributed by atoms with van der Waals surface area (Å²) in [6, 6.07) is 0. The minimum absolute atomic E-state index is 0.410. The normalized spacial score (nSPS) is 13.7. The number of rotatable bonds is 2. The van der Waals surface area contributed by atoms with Gasteiger partial charge in [0.05, 0.1) is 12.4 Å². The second kappa shape index (κ2) is 3.36. The Labute approximate surface area is 83.0 Å². The second-order valence-corrected chi connectivity index (χ2v) is 3.89. The Morgan fingerprint density at radius 3 is 2.71 bits per heavy atom. The maximum absolute atomic E-state index is 4.38. The number of aromatic nitrogens is 4. The highest BCUT2D eigenvalue weighted by atomic mass is 15.3. The zero-order valence-electron chi connectivity index (χ0n) is 8.68. The third kappa shape index (κ3) is 1.36. The Hall–Kier alpha value is -1.45. The smallest absolute Gasteiger partial charge is 0.136 e. The Morgan fingerprint density at radius 2 is 2.00 bits per heavy atom. The van der Waals surface area contributed by atoms with Crippen LogP contribution in [0.2, 0.25) is 0 Å². The van der Waals surface area contributed by atoms with Gasteiger partial charge in [-0.25, -0.2) is 14.5 Å². The third-order valence-corrected chi connectivity index (χ3v) is 2.64. The maximum atomic E-state index is 4.38. The number of imidazole rings is 1. The van der Waals surface area contributed by atoms with E-state index in [9.17, 15) is 0 Å². The molecule has 0 spiro atoms. The Morgan fingerprint density at radius 1 is 1.21 bits per heavy atom. The highest BCUT2D eigenvalue weighted by Gasteiger charge is 2.15. The number of fused-ring (bicyclic) bond motifs is 1.